The van der Waals surface area contributed by atoms with Crippen LogP contribution in [0.5, 0.6) is 0 Å². The van der Waals surface area contributed by atoms with E-state index in [-0.39, 0.29) is 11.3 Å². The fraction of sp³-hybridized carbons (Fsp3) is 0.760. The zero-order chi connectivity index (χ0) is 22.0. The standard InChI is InChI=1S/C25H39N3O3/c1-19-16-22(20(2)28(19)14-7-15-31-3)24(30)27-17-21(25(18-27)10-6-11-25)8-9-23(29)26-12-4-5-13-26/h16,21H,4-15,17-18H2,1-3H3. The van der Waals surface area contributed by atoms with E-state index in [1.165, 1.54) is 19.3 Å². The largest absolute Gasteiger partial charge is 0.385 e. The maximum Gasteiger partial charge on any atom is 0.255 e. The third-order valence-electron chi connectivity index (χ3n) is 8.15. The van der Waals surface area contributed by atoms with Crippen molar-refractivity contribution in [2.45, 2.75) is 71.8 Å². The van der Waals surface area contributed by atoms with Crippen LogP contribution in [0.2, 0.25) is 0 Å². The second-order valence-electron chi connectivity index (χ2n) is 10.0. The number of aromatic nitrogens is 1. The summed E-state index contributed by atoms with van der Waals surface area (Å²) in [7, 11) is 1.73. The number of carbonyl (C=O) groups is 2. The number of rotatable bonds is 8. The first-order chi connectivity index (χ1) is 14.9. The Balaban J connectivity index is 1.41. The highest BCUT2D eigenvalue weighted by Gasteiger charge is 2.51. The zero-order valence-corrected chi connectivity index (χ0v) is 19.6. The Morgan fingerprint density at radius 2 is 1.87 bits per heavy atom. The van der Waals surface area contributed by atoms with Crippen molar-refractivity contribution in [2.75, 3.05) is 39.9 Å². The molecule has 6 nitrogen and oxygen atoms in total. The van der Waals surface area contributed by atoms with Crippen LogP contribution in [0, 0.1) is 25.2 Å². The van der Waals surface area contributed by atoms with Crippen LogP contribution < -0.4 is 0 Å². The van der Waals surface area contributed by atoms with Gasteiger partial charge in [0.15, 0.2) is 0 Å². The number of likely N-dealkylation sites (tertiary alicyclic amines) is 2. The lowest BCUT2D eigenvalue weighted by Crippen LogP contribution is -2.39. The van der Waals surface area contributed by atoms with Crippen LogP contribution >= 0.6 is 0 Å². The van der Waals surface area contributed by atoms with Crippen LogP contribution in [0.25, 0.3) is 0 Å². The van der Waals surface area contributed by atoms with Crippen molar-refractivity contribution in [1.29, 1.82) is 0 Å². The molecule has 2 amide bonds. The molecule has 0 N–H and O–H groups in total. The predicted molar refractivity (Wildman–Crippen MR) is 121 cm³/mol. The highest BCUT2D eigenvalue weighted by atomic mass is 16.5. The Kier molecular flexibility index (Phi) is 6.75. The third kappa shape index (κ3) is 4.41. The van der Waals surface area contributed by atoms with E-state index < -0.39 is 0 Å². The maximum atomic E-state index is 13.5. The van der Waals surface area contributed by atoms with Gasteiger partial charge in [0.05, 0.1) is 5.56 Å². The molecule has 0 aromatic carbocycles. The summed E-state index contributed by atoms with van der Waals surface area (Å²) in [5.41, 5.74) is 3.31. The van der Waals surface area contributed by atoms with Crippen LogP contribution in [0.4, 0.5) is 0 Å². The molecule has 1 spiro atoms. The second-order valence-corrected chi connectivity index (χ2v) is 10.0. The molecule has 1 aromatic rings. The lowest BCUT2D eigenvalue weighted by atomic mass is 9.62. The van der Waals surface area contributed by atoms with Gasteiger partial charge in [-0.1, -0.05) is 6.42 Å². The summed E-state index contributed by atoms with van der Waals surface area (Å²) in [5.74, 6) is 0.948. The Bertz CT molecular complexity index is 805. The fourth-order valence-electron chi connectivity index (χ4n) is 6.10. The monoisotopic (exact) mass is 429 g/mol. The van der Waals surface area contributed by atoms with Gasteiger partial charge in [-0.2, -0.15) is 0 Å². The van der Waals surface area contributed by atoms with Gasteiger partial charge in [-0.3, -0.25) is 9.59 Å². The van der Waals surface area contributed by atoms with Crippen molar-refractivity contribution in [1.82, 2.24) is 14.4 Å². The van der Waals surface area contributed by atoms with Crippen molar-refractivity contribution in [3.05, 3.63) is 23.0 Å². The summed E-state index contributed by atoms with van der Waals surface area (Å²) in [6.07, 6.45) is 8.46. The first-order valence-corrected chi connectivity index (χ1v) is 12.2. The van der Waals surface area contributed by atoms with E-state index in [0.717, 1.165) is 82.0 Å². The predicted octanol–water partition coefficient (Wildman–Crippen LogP) is 3.79. The van der Waals surface area contributed by atoms with Crippen molar-refractivity contribution in [3.8, 4) is 0 Å². The van der Waals surface area contributed by atoms with E-state index >= 15 is 0 Å². The van der Waals surface area contributed by atoms with E-state index in [1.54, 1.807) is 7.11 Å². The number of carbonyl (C=O) groups excluding carboxylic acids is 2. The molecule has 2 aliphatic heterocycles. The van der Waals surface area contributed by atoms with E-state index in [1.807, 2.05) is 4.90 Å². The molecule has 1 unspecified atom stereocenters. The van der Waals surface area contributed by atoms with Gasteiger partial charge >= 0.3 is 0 Å². The van der Waals surface area contributed by atoms with Crippen molar-refractivity contribution >= 4 is 11.8 Å². The third-order valence-corrected chi connectivity index (χ3v) is 8.15. The Morgan fingerprint density at radius 1 is 1.13 bits per heavy atom. The number of methoxy groups -OCH3 is 1. The van der Waals surface area contributed by atoms with Crippen LogP contribution in [0.3, 0.4) is 0 Å². The Hall–Kier alpha value is -1.82. The molecule has 3 fully saturated rings. The van der Waals surface area contributed by atoms with E-state index in [9.17, 15) is 9.59 Å². The average Bonchev–Trinajstić information content (AvgIpc) is 3.45. The number of hydrogen-bond acceptors (Lipinski definition) is 3. The average molecular weight is 430 g/mol. The molecule has 1 aromatic heterocycles. The molecule has 172 valence electrons. The number of aryl methyl sites for hydroxylation is 1. The van der Waals surface area contributed by atoms with Gasteiger partial charge in [-0.25, -0.2) is 0 Å². The lowest BCUT2D eigenvalue weighted by molar-refractivity contribution is -0.130. The molecule has 0 radical (unpaired) electrons. The van der Waals surface area contributed by atoms with E-state index in [4.69, 9.17) is 4.74 Å². The van der Waals surface area contributed by atoms with Gasteiger partial charge < -0.3 is 19.1 Å². The minimum atomic E-state index is 0.172. The highest BCUT2D eigenvalue weighted by molar-refractivity contribution is 5.96. The second kappa shape index (κ2) is 9.35. The summed E-state index contributed by atoms with van der Waals surface area (Å²) in [6.45, 7) is 9.28. The molecule has 1 saturated carbocycles. The van der Waals surface area contributed by atoms with Gasteiger partial charge in [0.25, 0.3) is 5.91 Å². The first-order valence-electron chi connectivity index (χ1n) is 12.2. The summed E-state index contributed by atoms with van der Waals surface area (Å²) < 4.78 is 7.43. The highest BCUT2D eigenvalue weighted by Crippen LogP contribution is 2.53. The van der Waals surface area contributed by atoms with Gasteiger partial charge in [-0.05, 0) is 69.8 Å². The molecule has 2 saturated heterocycles. The maximum absolute atomic E-state index is 13.5. The van der Waals surface area contributed by atoms with E-state index in [2.05, 4.69) is 29.4 Å². The normalized spacial score (nSPS) is 22.4. The molecule has 1 aliphatic carbocycles. The van der Waals surface area contributed by atoms with Crippen LogP contribution in [-0.2, 0) is 16.1 Å². The fourth-order valence-corrected chi connectivity index (χ4v) is 6.10. The minimum Gasteiger partial charge on any atom is -0.385 e. The molecule has 3 aliphatic rings. The number of nitrogens with zero attached hydrogens (tertiary/aromatic N) is 3. The van der Waals surface area contributed by atoms with Gasteiger partial charge in [0.2, 0.25) is 5.91 Å². The topological polar surface area (TPSA) is 54.8 Å². The first kappa shape index (κ1) is 22.4. The number of amides is 2. The molecular formula is C25H39N3O3. The van der Waals surface area contributed by atoms with Crippen molar-refractivity contribution < 1.29 is 14.3 Å². The van der Waals surface area contributed by atoms with E-state index in [0.29, 0.717) is 18.2 Å². The lowest BCUT2D eigenvalue weighted by Gasteiger charge is -2.43. The quantitative estimate of drug-likeness (QED) is 0.591. The smallest absolute Gasteiger partial charge is 0.255 e. The Morgan fingerprint density at radius 3 is 2.52 bits per heavy atom. The molecule has 6 heteroatoms. The number of hydrogen-bond donors (Lipinski definition) is 0. The molecular weight excluding hydrogens is 390 g/mol. The summed E-state index contributed by atoms with van der Waals surface area (Å²) >= 11 is 0. The SMILES string of the molecule is COCCCn1c(C)cc(C(=O)N2CC(CCC(=O)N3CCCC3)C3(CCC3)C2)c1C. The molecule has 0 bridgehead atoms. The van der Waals surface area contributed by atoms with Crippen molar-refractivity contribution in [2.24, 2.45) is 11.3 Å². The molecule has 1 atom stereocenters. The minimum absolute atomic E-state index is 0.172. The van der Waals surface area contributed by atoms with Gasteiger partial charge in [-0.15, -0.1) is 0 Å². The summed E-state index contributed by atoms with van der Waals surface area (Å²) in [4.78, 5) is 30.2. The Labute approximate surface area is 186 Å². The molecule has 4 rings (SSSR count). The van der Waals surface area contributed by atoms with Crippen molar-refractivity contribution in [3.63, 3.8) is 0 Å². The van der Waals surface area contributed by atoms with Crippen LogP contribution in [0.1, 0.15) is 73.1 Å². The zero-order valence-electron chi connectivity index (χ0n) is 19.6. The van der Waals surface area contributed by atoms with Gasteiger partial charge in [0.1, 0.15) is 0 Å². The molecule has 31 heavy (non-hydrogen) atoms. The van der Waals surface area contributed by atoms with Gasteiger partial charge in [0, 0.05) is 64.2 Å². The molecule has 3 heterocycles. The number of ether oxygens (including phenoxy) is 1. The van der Waals surface area contributed by atoms with Crippen LogP contribution in [0.15, 0.2) is 6.07 Å². The summed E-state index contributed by atoms with van der Waals surface area (Å²) in [6, 6.07) is 2.06. The van der Waals surface area contributed by atoms with Crippen LogP contribution in [-0.4, -0.2) is 66.1 Å². The summed E-state index contributed by atoms with van der Waals surface area (Å²) in [5, 5.41) is 0.